The largest absolute Gasteiger partial charge is 0.341 e. The SMILES string of the molecule is CN(C(=O)C1(c2cccc(F)c2)CCCCC1)C1CCNC1. The van der Waals surface area contributed by atoms with Gasteiger partial charge in [-0.3, -0.25) is 4.79 Å². The third-order valence-electron chi connectivity index (χ3n) is 5.40. The monoisotopic (exact) mass is 304 g/mol. The molecule has 1 aromatic carbocycles. The van der Waals surface area contributed by atoms with Gasteiger partial charge in [0.25, 0.3) is 0 Å². The van der Waals surface area contributed by atoms with Crippen LogP contribution in [-0.4, -0.2) is 37.0 Å². The van der Waals surface area contributed by atoms with Crippen molar-refractivity contribution in [3.8, 4) is 0 Å². The van der Waals surface area contributed by atoms with Crippen molar-refractivity contribution in [2.24, 2.45) is 0 Å². The molecule has 0 aromatic heterocycles. The molecule has 4 heteroatoms. The van der Waals surface area contributed by atoms with Gasteiger partial charge in [-0.2, -0.15) is 0 Å². The summed E-state index contributed by atoms with van der Waals surface area (Å²) < 4.78 is 13.7. The van der Waals surface area contributed by atoms with Crippen LogP contribution in [0.2, 0.25) is 0 Å². The van der Waals surface area contributed by atoms with Crippen molar-refractivity contribution in [1.29, 1.82) is 0 Å². The molecule has 1 saturated heterocycles. The van der Waals surface area contributed by atoms with Gasteiger partial charge in [-0.25, -0.2) is 4.39 Å². The number of hydrogen-bond donors (Lipinski definition) is 1. The lowest BCUT2D eigenvalue weighted by Gasteiger charge is -2.41. The van der Waals surface area contributed by atoms with Crippen molar-refractivity contribution in [2.45, 2.75) is 50.0 Å². The van der Waals surface area contributed by atoms with Crippen LogP contribution in [0.3, 0.4) is 0 Å². The van der Waals surface area contributed by atoms with Gasteiger partial charge in [-0.1, -0.05) is 31.4 Å². The molecule has 1 heterocycles. The molecular weight excluding hydrogens is 279 g/mol. The number of likely N-dealkylation sites (N-methyl/N-ethyl adjacent to an activating group) is 1. The van der Waals surface area contributed by atoms with Crippen LogP contribution >= 0.6 is 0 Å². The van der Waals surface area contributed by atoms with Gasteiger partial charge in [-0.15, -0.1) is 0 Å². The minimum absolute atomic E-state index is 0.173. The fourth-order valence-corrected chi connectivity index (χ4v) is 4.04. The van der Waals surface area contributed by atoms with Crippen LogP contribution in [0.5, 0.6) is 0 Å². The van der Waals surface area contributed by atoms with Crippen LogP contribution < -0.4 is 5.32 Å². The summed E-state index contributed by atoms with van der Waals surface area (Å²) in [5.41, 5.74) is 0.326. The molecule has 3 nitrogen and oxygen atoms in total. The zero-order chi connectivity index (χ0) is 15.6. The molecule has 1 saturated carbocycles. The van der Waals surface area contributed by atoms with Crippen LogP contribution in [0.4, 0.5) is 4.39 Å². The van der Waals surface area contributed by atoms with Crippen molar-refractivity contribution >= 4 is 5.91 Å². The Balaban J connectivity index is 1.93. The Morgan fingerprint density at radius 3 is 2.73 bits per heavy atom. The second-order valence-electron chi connectivity index (χ2n) is 6.72. The van der Waals surface area contributed by atoms with Gasteiger partial charge in [0.15, 0.2) is 0 Å². The molecule has 1 atom stereocenters. The predicted octanol–water partition coefficient (Wildman–Crippen LogP) is 2.85. The summed E-state index contributed by atoms with van der Waals surface area (Å²) in [5.74, 6) is -0.0769. The maximum Gasteiger partial charge on any atom is 0.233 e. The number of hydrogen-bond acceptors (Lipinski definition) is 2. The Morgan fingerprint density at radius 2 is 2.09 bits per heavy atom. The first kappa shape index (κ1) is 15.5. The van der Waals surface area contributed by atoms with E-state index >= 15 is 0 Å². The number of rotatable bonds is 3. The van der Waals surface area contributed by atoms with E-state index in [1.165, 1.54) is 12.5 Å². The summed E-state index contributed by atoms with van der Waals surface area (Å²) in [6.45, 7) is 1.83. The van der Waals surface area contributed by atoms with E-state index in [4.69, 9.17) is 0 Å². The second-order valence-corrected chi connectivity index (χ2v) is 6.72. The van der Waals surface area contributed by atoms with E-state index in [0.717, 1.165) is 50.8 Å². The standard InChI is InChI=1S/C18H25FN2O/c1-21(16-8-11-20-13-16)17(22)18(9-3-2-4-10-18)14-6-5-7-15(19)12-14/h5-7,12,16,20H,2-4,8-11,13H2,1H3. The Morgan fingerprint density at radius 1 is 1.32 bits per heavy atom. The van der Waals surface area contributed by atoms with E-state index in [-0.39, 0.29) is 17.8 Å². The summed E-state index contributed by atoms with van der Waals surface area (Å²) in [6.07, 6.45) is 5.91. The average molecular weight is 304 g/mol. The number of benzene rings is 1. The van der Waals surface area contributed by atoms with E-state index in [1.54, 1.807) is 12.1 Å². The lowest BCUT2D eigenvalue weighted by atomic mass is 9.68. The summed E-state index contributed by atoms with van der Waals surface area (Å²) in [4.78, 5) is 15.2. The smallest absolute Gasteiger partial charge is 0.233 e. The number of nitrogens with zero attached hydrogens (tertiary/aromatic N) is 1. The topological polar surface area (TPSA) is 32.3 Å². The van der Waals surface area contributed by atoms with Crippen molar-refractivity contribution in [3.05, 3.63) is 35.6 Å². The quantitative estimate of drug-likeness (QED) is 0.931. The van der Waals surface area contributed by atoms with Crippen molar-refractivity contribution < 1.29 is 9.18 Å². The molecular formula is C18H25FN2O. The maximum absolute atomic E-state index is 13.7. The van der Waals surface area contributed by atoms with Gasteiger partial charge in [0.1, 0.15) is 5.82 Å². The highest BCUT2D eigenvalue weighted by molar-refractivity contribution is 5.88. The molecule has 1 amide bonds. The Labute approximate surface area is 131 Å². The lowest BCUT2D eigenvalue weighted by molar-refractivity contribution is -0.139. The van der Waals surface area contributed by atoms with Gasteiger partial charge in [0.05, 0.1) is 5.41 Å². The van der Waals surface area contributed by atoms with Gasteiger partial charge >= 0.3 is 0 Å². The van der Waals surface area contributed by atoms with Gasteiger partial charge in [0.2, 0.25) is 5.91 Å². The average Bonchev–Trinajstić information content (AvgIpc) is 3.08. The van der Waals surface area contributed by atoms with Crippen LogP contribution in [0.25, 0.3) is 0 Å². The number of carbonyl (C=O) groups excluding carboxylic acids is 1. The highest BCUT2D eigenvalue weighted by atomic mass is 19.1. The maximum atomic E-state index is 13.7. The predicted molar refractivity (Wildman–Crippen MR) is 85.2 cm³/mol. The molecule has 1 aliphatic carbocycles. The Hall–Kier alpha value is -1.42. The first-order valence-corrected chi connectivity index (χ1v) is 8.37. The van der Waals surface area contributed by atoms with Crippen LogP contribution in [-0.2, 0) is 10.2 Å². The minimum atomic E-state index is -0.530. The molecule has 1 unspecified atom stereocenters. The molecule has 1 aromatic rings. The summed E-state index contributed by atoms with van der Waals surface area (Å²) in [5, 5.41) is 3.32. The number of halogens is 1. The molecule has 0 radical (unpaired) electrons. The Bertz CT molecular complexity index is 534. The summed E-state index contributed by atoms with van der Waals surface area (Å²) in [7, 11) is 1.91. The fourth-order valence-electron chi connectivity index (χ4n) is 4.04. The number of amides is 1. The second kappa shape index (κ2) is 6.37. The summed E-state index contributed by atoms with van der Waals surface area (Å²) in [6, 6.07) is 6.93. The first-order chi connectivity index (χ1) is 10.6. The molecule has 22 heavy (non-hydrogen) atoms. The molecule has 0 spiro atoms. The lowest BCUT2D eigenvalue weighted by Crippen LogP contribution is -2.50. The van der Waals surface area contributed by atoms with Crippen molar-refractivity contribution in [2.75, 3.05) is 20.1 Å². The number of carbonyl (C=O) groups is 1. The van der Waals surface area contributed by atoms with E-state index in [9.17, 15) is 9.18 Å². The highest BCUT2D eigenvalue weighted by Crippen LogP contribution is 2.41. The molecule has 0 bridgehead atoms. The van der Waals surface area contributed by atoms with E-state index in [2.05, 4.69) is 5.32 Å². The van der Waals surface area contributed by atoms with Crippen LogP contribution in [0, 0.1) is 5.82 Å². The van der Waals surface area contributed by atoms with Crippen LogP contribution in [0.15, 0.2) is 24.3 Å². The molecule has 2 aliphatic rings. The normalized spacial score (nSPS) is 24.2. The zero-order valence-electron chi connectivity index (χ0n) is 13.3. The van der Waals surface area contributed by atoms with E-state index in [1.807, 2.05) is 18.0 Å². The van der Waals surface area contributed by atoms with E-state index in [0.29, 0.717) is 0 Å². The molecule has 1 N–H and O–H groups in total. The molecule has 3 rings (SSSR count). The van der Waals surface area contributed by atoms with Gasteiger partial charge in [0, 0.05) is 19.6 Å². The summed E-state index contributed by atoms with van der Waals surface area (Å²) >= 11 is 0. The van der Waals surface area contributed by atoms with E-state index < -0.39 is 5.41 Å². The third-order valence-corrected chi connectivity index (χ3v) is 5.40. The fraction of sp³-hybridized carbons (Fsp3) is 0.611. The highest BCUT2D eigenvalue weighted by Gasteiger charge is 2.44. The zero-order valence-corrected chi connectivity index (χ0v) is 13.3. The minimum Gasteiger partial charge on any atom is -0.341 e. The third kappa shape index (κ3) is 2.76. The van der Waals surface area contributed by atoms with Crippen LogP contribution in [0.1, 0.15) is 44.1 Å². The van der Waals surface area contributed by atoms with Gasteiger partial charge in [-0.05, 0) is 43.5 Å². The first-order valence-electron chi connectivity index (χ1n) is 8.37. The van der Waals surface area contributed by atoms with Crippen molar-refractivity contribution in [1.82, 2.24) is 10.2 Å². The number of nitrogens with one attached hydrogen (secondary N) is 1. The van der Waals surface area contributed by atoms with Gasteiger partial charge < -0.3 is 10.2 Å². The Kier molecular flexibility index (Phi) is 4.48. The molecule has 1 aliphatic heterocycles. The van der Waals surface area contributed by atoms with Crippen molar-refractivity contribution in [3.63, 3.8) is 0 Å². The molecule has 2 fully saturated rings. The molecule has 120 valence electrons.